The molecule has 1 aromatic heterocycles. The van der Waals surface area contributed by atoms with E-state index in [1.54, 1.807) is 0 Å². The van der Waals surface area contributed by atoms with E-state index in [2.05, 4.69) is 20.6 Å². The van der Waals surface area contributed by atoms with Crippen molar-refractivity contribution in [3.63, 3.8) is 0 Å². The minimum atomic E-state index is -1.73. The number of rotatable bonds is 15. The van der Waals surface area contributed by atoms with Crippen molar-refractivity contribution in [2.45, 2.75) is 62.9 Å². The van der Waals surface area contributed by atoms with Crippen molar-refractivity contribution in [3.8, 4) is 0 Å². The van der Waals surface area contributed by atoms with E-state index in [1.807, 2.05) is 5.32 Å². The average molecular weight is 499 g/mol. The number of nitrogens with two attached hydrogens (primary N) is 2. The van der Waals surface area contributed by atoms with E-state index in [-0.39, 0.29) is 19.3 Å². The molecule has 0 fully saturated rings. The van der Waals surface area contributed by atoms with Gasteiger partial charge in [-0.15, -0.1) is 0 Å². The highest BCUT2D eigenvalue weighted by molar-refractivity contribution is 5.96. The third-order valence-corrected chi connectivity index (χ3v) is 4.70. The van der Waals surface area contributed by atoms with Crippen molar-refractivity contribution in [1.82, 2.24) is 25.9 Å². The van der Waals surface area contributed by atoms with E-state index in [4.69, 9.17) is 21.7 Å². The molecule has 16 nitrogen and oxygen atoms in total. The third-order valence-electron chi connectivity index (χ3n) is 4.70. The summed E-state index contributed by atoms with van der Waals surface area (Å²) in [5.74, 6) is -6.64. The van der Waals surface area contributed by atoms with Gasteiger partial charge < -0.3 is 47.7 Å². The molecule has 4 amide bonds. The summed E-state index contributed by atoms with van der Waals surface area (Å²) in [6.45, 7) is 1.12. The molecule has 0 aliphatic rings. The largest absolute Gasteiger partial charge is 0.481 e. The summed E-state index contributed by atoms with van der Waals surface area (Å²) in [5.41, 5.74) is 11.2. The monoisotopic (exact) mass is 499 g/mol. The molecule has 5 unspecified atom stereocenters. The molecule has 0 spiro atoms. The van der Waals surface area contributed by atoms with E-state index in [0.29, 0.717) is 5.69 Å². The topological polar surface area (TPSA) is 280 Å². The molecule has 0 radical (unpaired) electrons. The molecule has 1 aromatic rings. The van der Waals surface area contributed by atoms with Gasteiger partial charge in [-0.05, 0) is 13.3 Å². The number of carboxylic acids is 2. The lowest BCUT2D eigenvalue weighted by atomic mass is 10.1. The molecule has 1 heterocycles. The molecule has 5 atom stereocenters. The van der Waals surface area contributed by atoms with Crippen molar-refractivity contribution < 1.29 is 44.1 Å². The Bertz CT molecular complexity index is 920. The van der Waals surface area contributed by atoms with E-state index in [9.17, 15) is 33.9 Å². The van der Waals surface area contributed by atoms with Crippen LogP contribution < -0.4 is 27.4 Å². The number of aliphatic hydroxyl groups excluding tert-OH is 1. The third kappa shape index (κ3) is 10.2. The highest BCUT2D eigenvalue weighted by Crippen LogP contribution is 2.04. The van der Waals surface area contributed by atoms with Crippen molar-refractivity contribution in [2.24, 2.45) is 11.5 Å². The Morgan fingerprint density at radius 1 is 1.03 bits per heavy atom. The molecule has 0 aliphatic heterocycles. The molecule has 0 saturated carbocycles. The van der Waals surface area contributed by atoms with Crippen LogP contribution in [0.25, 0.3) is 0 Å². The number of carbonyl (C=O) groups excluding carboxylic acids is 4. The SMILES string of the molecule is CC(O)C(NC(=O)C(CC(N)=O)NC(=O)C(Cc1cnc[nH]1)NC(=O)C(N)CCC(=O)O)C(=O)O. The summed E-state index contributed by atoms with van der Waals surface area (Å²) < 4.78 is 0. The molecule has 0 aliphatic carbocycles. The molecular weight excluding hydrogens is 470 g/mol. The van der Waals surface area contributed by atoms with Gasteiger partial charge in [0.1, 0.15) is 12.1 Å². The van der Waals surface area contributed by atoms with Crippen LogP contribution in [-0.2, 0) is 35.2 Å². The summed E-state index contributed by atoms with van der Waals surface area (Å²) in [6.07, 6.45) is -0.281. The molecule has 0 aromatic carbocycles. The quantitative estimate of drug-likeness (QED) is 0.112. The Balaban J connectivity index is 3.05. The normalized spacial score (nSPS) is 15.1. The van der Waals surface area contributed by atoms with Crippen LogP contribution in [0.4, 0.5) is 0 Å². The number of aliphatic hydroxyl groups is 1. The number of H-pyrrole nitrogens is 1. The molecular formula is C19H29N7O9. The number of primary amides is 1. The molecule has 35 heavy (non-hydrogen) atoms. The minimum absolute atomic E-state index is 0.153. The van der Waals surface area contributed by atoms with E-state index in [0.717, 1.165) is 6.92 Å². The first-order valence-electron chi connectivity index (χ1n) is 10.4. The van der Waals surface area contributed by atoms with Gasteiger partial charge in [0.15, 0.2) is 6.04 Å². The van der Waals surface area contributed by atoms with Crippen LogP contribution in [0.15, 0.2) is 12.5 Å². The number of amides is 4. The second kappa shape index (κ2) is 13.6. The number of nitrogens with one attached hydrogen (secondary N) is 4. The Labute approximate surface area is 198 Å². The second-order valence-electron chi connectivity index (χ2n) is 7.68. The fourth-order valence-electron chi connectivity index (χ4n) is 2.84. The van der Waals surface area contributed by atoms with Crippen LogP contribution >= 0.6 is 0 Å². The van der Waals surface area contributed by atoms with Gasteiger partial charge in [0.2, 0.25) is 23.6 Å². The van der Waals surface area contributed by atoms with Gasteiger partial charge in [-0.2, -0.15) is 0 Å². The maximum Gasteiger partial charge on any atom is 0.328 e. The molecule has 0 saturated heterocycles. The zero-order valence-corrected chi connectivity index (χ0v) is 18.8. The number of aromatic nitrogens is 2. The van der Waals surface area contributed by atoms with Gasteiger partial charge in [-0.25, -0.2) is 9.78 Å². The van der Waals surface area contributed by atoms with E-state index >= 15 is 0 Å². The molecule has 11 N–H and O–H groups in total. The molecule has 16 heteroatoms. The van der Waals surface area contributed by atoms with Crippen LogP contribution in [-0.4, -0.2) is 91.1 Å². The summed E-state index contributed by atoms with van der Waals surface area (Å²) in [6, 6.07) is -5.98. The zero-order chi connectivity index (χ0) is 26.7. The number of carboxylic acid groups (broad SMARTS) is 2. The lowest BCUT2D eigenvalue weighted by Crippen LogP contribution is -2.59. The summed E-state index contributed by atoms with van der Waals surface area (Å²) in [5, 5.41) is 34.0. The van der Waals surface area contributed by atoms with E-state index in [1.165, 1.54) is 12.5 Å². The number of carbonyl (C=O) groups is 6. The number of aromatic amines is 1. The van der Waals surface area contributed by atoms with Crippen molar-refractivity contribution in [3.05, 3.63) is 18.2 Å². The maximum atomic E-state index is 13.0. The lowest BCUT2D eigenvalue weighted by molar-refractivity contribution is -0.145. The van der Waals surface area contributed by atoms with Gasteiger partial charge >= 0.3 is 11.9 Å². The predicted octanol–water partition coefficient (Wildman–Crippen LogP) is -4.06. The van der Waals surface area contributed by atoms with Gasteiger partial charge in [-0.1, -0.05) is 0 Å². The standard InChI is InChI=1S/C19H29N7O9/c1-8(27)15(19(34)35)26-18(33)12(5-13(21)28)25-17(32)11(4-9-6-22-7-23-9)24-16(31)10(20)2-3-14(29)30/h6-8,10-12,15,27H,2-5,20H2,1H3,(H2,21,28)(H,22,23)(H,24,31)(H,25,32)(H,26,33)(H,29,30)(H,34,35). The highest BCUT2D eigenvalue weighted by Gasteiger charge is 2.33. The molecule has 0 bridgehead atoms. The Hall–Kier alpha value is -4.05. The van der Waals surface area contributed by atoms with Gasteiger partial charge in [0, 0.05) is 24.7 Å². The first kappa shape index (κ1) is 29.0. The van der Waals surface area contributed by atoms with Crippen molar-refractivity contribution in [2.75, 3.05) is 0 Å². The van der Waals surface area contributed by atoms with Crippen LogP contribution in [0.1, 0.15) is 31.9 Å². The first-order chi connectivity index (χ1) is 16.3. The Morgan fingerprint density at radius 3 is 2.11 bits per heavy atom. The Morgan fingerprint density at radius 2 is 1.63 bits per heavy atom. The van der Waals surface area contributed by atoms with Gasteiger partial charge in [0.25, 0.3) is 0 Å². The number of hydrogen-bond acceptors (Lipinski definition) is 9. The second-order valence-corrected chi connectivity index (χ2v) is 7.68. The number of nitrogens with zero attached hydrogens (tertiary/aromatic N) is 1. The molecule has 194 valence electrons. The van der Waals surface area contributed by atoms with Crippen molar-refractivity contribution in [1.29, 1.82) is 0 Å². The summed E-state index contributed by atoms with van der Waals surface area (Å²) >= 11 is 0. The van der Waals surface area contributed by atoms with Gasteiger partial charge in [-0.3, -0.25) is 24.0 Å². The van der Waals surface area contributed by atoms with E-state index < -0.39 is 72.3 Å². The first-order valence-corrected chi connectivity index (χ1v) is 10.4. The highest BCUT2D eigenvalue weighted by atomic mass is 16.4. The number of hydrogen-bond donors (Lipinski definition) is 9. The summed E-state index contributed by atoms with van der Waals surface area (Å²) in [4.78, 5) is 77.9. The Kier molecular flexibility index (Phi) is 11.3. The fourth-order valence-corrected chi connectivity index (χ4v) is 2.84. The maximum absolute atomic E-state index is 13.0. The zero-order valence-electron chi connectivity index (χ0n) is 18.8. The number of aliphatic carboxylic acids is 2. The summed E-state index contributed by atoms with van der Waals surface area (Å²) in [7, 11) is 0. The minimum Gasteiger partial charge on any atom is -0.481 e. The van der Waals surface area contributed by atoms with Crippen LogP contribution in [0.3, 0.4) is 0 Å². The molecule has 1 rings (SSSR count). The van der Waals surface area contributed by atoms with Crippen LogP contribution in [0, 0.1) is 0 Å². The number of imidazole rings is 1. The smallest absolute Gasteiger partial charge is 0.328 e. The average Bonchev–Trinajstić information content (AvgIpc) is 3.26. The lowest BCUT2D eigenvalue weighted by Gasteiger charge is -2.25. The fraction of sp³-hybridized carbons (Fsp3) is 0.526. The predicted molar refractivity (Wildman–Crippen MR) is 116 cm³/mol. The van der Waals surface area contributed by atoms with Gasteiger partial charge in [0.05, 0.1) is 24.9 Å². The van der Waals surface area contributed by atoms with Crippen LogP contribution in [0.5, 0.6) is 0 Å². The van der Waals surface area contributed by atoms with Crippen LogP contribution in [0.2, 0.25) is 0 Å². The van der Waals surface area contributed by atoms with Crippen molar-refractivity contribution >= 4 is 35.6 Å².